The Morgan fingerprint density at radius 2 is 1.96 bits per heavy atom. The number of piperazine rings is 1. The van der Waals surface area contributed by atoms with Crippen LogP contribution in [-0.4, -0.2) is 114 Å². The molecule has 2 fully saturated rings. The van der Waals surface area contributed by atoms with Crippen LogP contribution in [0.3, 0.4) is 0 Å². The van der Waals surface area contributed by atoms with Crippen LogP contribution < -0.4 is 4.90 Å². The topological polar surface area (TPSA) is 140 Å². The molecule has 3 aromatic rings. The molecule has 0 radical (unpaired) electrons. The van der Waals surface area contributed by atoms with Crippen molar-refractivity contribution in [2.45, 2.75) is 80.6 Å². The summed E-state index contributed by atoms with van der Waals surface area (Å²) in [4.78, 5) is 6.99. The number of sulfonamides is 1. The molecule has 1 aliphatic carbocycles. The average Bonchev–Trinajstić information content (AvgIpc) is 3.40. The van der Waals surface area contributed by atoms with Crippen LogP contribution in [0, 0.1) is 11.3 Å². The summed E-state index contributed by atoms with van der Waals surface area (Å²) in [5, 5.41) is 26.4. The predicted molar refractivity (Wildman–Crippen MR) is 170 cm³/mol. The van der Waals surface area contributed by atoms with E-state index in [2.05, 4.69) is 40.9 Å². The van der Waals surface area contributed by atoms with Crippen LogP contribution in [0.25, 0.3) is 16.3 Å². The maximum atomic E-state index is 14.4. The van der Waals surface area contributed by atoms with Gasteiger partial charge in [-0.15, -0.1) is 10.2 Å². The second-order valence-electron chi connectivity index (χ2n) is 13.3. The molecule has 1 saturated carbocycles. The molecular formula is C28H37F5N8O4S2Si. The van der Waals surface area contributed by atoms with Crippen molar-refractivity contribution >= 4 is 40.6 Å². The molecule has 2 atom stereocenters. The quantitative estimate of drug-likeness (QED) is 0.115. The van der Waals surface area contributed by atoms with Gasteiger partial charge in [0.05, 0.1) is 30.1 Å². The van der Waals surface area contributed by atoms with Gasteiger partial charge in [-0.3, -0.25) is 9.30 Å². The van der Waals surface area contributed by atoms with Gasteiger partial charge in [-0.2, -0.15) is 22.7 Å². The third-order valence-corrected chi connectivity index (χ3v) is 13.1. The predicted octanol–water partition coefficient (Wildman–Crippen LogP) is 4.58. The van der Waals surface area contributed by atoms with Crippen molar-refractivity contribution in [1.82, 2.24) is 28.8 Å². The monoisotopic (exact) mass is 736 g/mol. The van der Waals surface area contributed by atoms with Gasteiger partial charge in [0.2, 0.25) is 10.0 Å². The highest BCUT2D eigenvalue weighted by molar-refractivity contribution is 7.89. The number of rotatable bonds is 13. The number of halogens is 5. The number of fused-ring (bicyclic) bond motifs is 1. The number of nitrogens with zero attached hydrogens (tertiary/aromatic N) is 8. The smallest absolute Gasteiger partial charge is 0.394 e. The molecule has 12 nitrogen and oxygen atoms in total. The van der Waals surface area contributed by atoms with E-state index in [1.807, 2.05) is 0 Å². The Bertz CT molecular complexity index is 1770. The summed E-state index contributed by atoms with van der Waals surface area (Å²) in [5.41, 5.74) is -0.644. The molecule has 20 heteroatoms. The maximum absolute atomic E-state index is 14.4. The van der Waals surface area contributed by atoms with Crippen molar-refractivity contribution in [3.63, 3.8) is 0 Å². The number of alkyl halides is 5. The van der Waals surface area contributed by atoms with E-state index in [0.717, 1.165) is 15.2 Å². The summed E-state index contributed by atoms with van der Waals surface area (Å²) in [6.45, 7) is 6.83. The Balaban J connectivity index is 1.58. The number of ether oxygens (including phenoxy) is 1. The summed E-state index contributed by atoms with van der Waals surface area (Å²) in [6.07, 6.45) is -4.27. The SMILES string of the molecule is C[C@@H]1CN(c2cc(S(=O)(=O)N(COCC[Si](C)(C)C)C3(C#N)CC3)cn3c(-c4nnc(C(F)F)s4)ncc23)CCN1C(CO)C(F)(F)F. The molecule has 4 heterocycles. The summed E-state index contributed by atoms with van der Waals surface area (Å²) in [5.74, 6) is 0.0381. The van der Waals surface area contributed by atoms with Crippen LogP contribution in [-0.2, 0) is 14.8 Å². The zero-order valence-electron chi connectivity index (χ0n) is 26.8. The third kappa shape index (κ3) is 7.36. The number of aliphatic hydroxyl groups excluding tert-OH is 1. The van der Waals surface area contributed by atoms with Crippen molar-refractivity contribution < 1.29 is 40.2 Å². The minimum Gasteiger partial charge on any atom is -0.394 e. The first-order chi connectivity index (χ1) is 22.4. The largest absolute Gasteiger partial charge is 0.406 e. The minimum atomic E-state index is -4.66. The molecule has 264 valence electrons. The fourth-order valence-corrected chi connectivity index (χ4v) is 8.78. The van der Waals surface area contributed by atoms with Crippen LogP contribution in [0.5, 0.6) is 0 Å². The van der Waals surface area contributed by atoms with E-state index >= 15 is 0 Å². The third-order valence-electron chi connectivity index (χ3n) is 8.59. The highest BCUT2D eigenvalue weighted by Crippen LogP contribution is 2.45. The van der Waals surface area contributed by atoms with Crippen LogP contribution in [0.2, 0.25) is 25.7 Å². The van der Waals surface area contributed by atoms with Gasteiger partial charge in [0, 0.05) is 46.6 Å². The van der Waals surface area contributed by atoms with Gasteiger partial charge in [0.1, 0.15) is 23.2 Å². The molecule has 0 spiro atoms. The normalized spacial score (nSPS) is 19.7. The van der Waals surface area contributed by atoms with E-state index in [-0.39, 0.29) is 42.1 Å². The number of imidazole rings is 1. The molecular weight excluding hydrogens is 700 g/mol. The molecule has 0 aromatic carbocycles. The van der Waals surface area contributed by atoms with Crippen molar-refractivity contribution in [3.05, 3.63) is 23.5 Å². The number of aromatic nitrogens is 4. The summed E-state index contributed by atoms with van der Waals surface area (Å²) in [6, 6.07) is 1.51. The number of aliphatic hydroxyl groups is 1. The minimum absolute atomic E-state index is 0.00201. The maximum Gasteiger partial charge on any atom is 0.406 e. The molecule has 0 amide bonds. The lowest BCUT2D eigenvalue weighted by Crippen LogP contribution is -2.60. The molecule has 48 heavy (non-hydrogen) atoms. The van der Waals surface area contributed by atoms with Gasteiger partial charge in [-0.05, 0) is 31.9 Å². The van der Waals surface area contributed by atoms with E-state index in [4.69, 9.17) is 4.74 Å². The van der Waals surface area contributed by atoms with Crippen molar-refractivity contribution in [3.8, 4) is 16.9 Å². The average molecular weight is 737 g/mol. The zero-order valence-corrected chi connectivity index (χ0v) is 29.4. The van der Waals surface area contributed by atoms with Crippen LogP contribution in [0.1, 0.15) is 31.2 Å². The first kappa shape index (κ1) is 36.5. The molecule has 1 aliphatic heterocycles. The second-order valence-corrected chi connectivity index (χ2v) is 21.8. The summed E-state index contributed by atoms with van der Waals surface area (Å²) in [7, 11) is -5.96. The highest BCUT2D eigenvalue weighted by Gasteiger charge is 2.54. The van der Waals surface area contributed by atoms with Gasteiger partial charge in [-0.25, -0.2) is 22.2 Å². The Labute approximate surface area is 279 Å². The number of hydrogen-bond acceptors (Lipinski definition) is 11. The van der Waals surface area contributed by atoms with Crippen LogP contribution in [0.4, 0.5) is 27.6 Å². The number of pyridine rings is 1. The fraction of sp³-hybridized carbons (Fsp3) is 0.643. The lowest BCUT2D eigenvalue weighted by Gasteiger charge is -2.44. The highest BCUT2D eigenvalue weighted by atomic mass is 32.2. The van der Waals surface area contributed by atoms with Gasteiger partial charge >= 0.3 is 6.18 Å². The van der Waals surface area contributed by atoms with Crippen LogP contribution in [0.15, 0.2) is 23.4 Å². The molecule has 5 rings (SSSR count). The number of hydrogen-bond donors (Lipinski definition) is 1. The lowest BCUT2D eigenvalue weighted by molar-refractivity contribution is -0.198. The first-order valence-corrected chi connectivity index (χ1v) is 21.2. The number of anilines is 1. The summed E-state index contributed by atoms with van der Waals surface area (Å²) < 4.78 is 105. The summed E-state index contributed by atoms with van der Waals surface area (Å²) >= 11 is 0.591. The molecule has 1 N–H and O–H groups in total. The molecule has 1 saturated heterocycles. The zero-order chi connectivity index (χ0) is 35.2. The molecule has 3 aromatic heterocycles. The van der Waals surface area contributed by atoms with Gasteiger partial charge in [-0.1, -0.05) is 31.0 Å². The number of nitriles is 1. The van der Waals surface area contributed by atoms with Crippen molar-refractivity contribution in [2.75, 3.05) is 44.5 Å². The van der Waals surface area contributed by atoms with Crippen LogP contribution >= 0.6 is 11.3 Å². The molecule has 0 bridgehead atoms. The first-order valence-electron chi connectivity index (χ1n) is 15.2. The van der Waals surface area contributed by atoms with Crippen molar-refractivity contribution in [1.29, 1.82) is 5.26 Å². The lowest BCUT2D eigenvalue weighted by atomic mass is 10.1. The van der Waals surface area contributed by atoms with Gasteiger partial charge in [0.25, 0.3) is 6.43 Å². The fourth-order valence-electron chi connectivity index (χ4n) is 5.68. The second kappa shape index (κ2) is 13.5. The van der Waals surface area contributed by atoms with E-state index in [1.165, 1.54) is 22.9 Å². The van der Waals surface area contributed by atoms with Gasteiger partial charge in [0.15, 0.2) is 15.8 Å². The van der Waals surface area contributed by atoms with E-state index in [0.29, 0.717) is 42.0 Å². The molecule has 2 aliphatic rings. The van der Waals surface area contributed by atoms with E-state index in [9.17, 15) is 40.7 Å². The molecule has 1 unspecified atom stereocenters. The Kier molecular flexibility index (Phi) is 10.2. The Morgan fingerprint density at radius 1 is 1.25 bits per heavy atom. The van der Waals surface area contributed by atoms with E-state index in [1.54, 1.807) is 11.8 Å². The van der Waals surface area contributed by atoms with Crippen molar-refractivity contribution in [2.24, 2.45) is 0 Å². The van der Waals surface area contributed by atoms with Gasteiger partial charge < -0.3 is 14.7 Å². The van der Waals surface area contributed by atoms with E-state index < -0.39 is 59.9 Å². The standard InChI is InChI=1S/C28H37F5N8O4S2Si/c1-18-13-38(7-8-39(18)22(15-42)28(31,32)33)20-11-19(14-40-21(20)12-35-24(40)26-37-36-25(46-26)23(29)30)47(43,44)41(27(16-34)5-6-27)17-45-9-10-48(2,3)4/h11-12,14,18,22-23,42H,5-10,13,15,17H2,1-4H3/t18-,22?/m1/s1. The Morgan fingerprint density at radius 3 is 2.50 bits per heavy atom. The Hall–Kier alpha value is -2.80.